The lowest BCUT2D eigenvalue weighted by Crippen LogP contribution is -2.48. The van der Waals surface area contributed by atoms with Crippen LogP contribution in [0.3, 0.4) is 0 Å². The first kappa shape index (κ1) is 19.2. The number of aryl methyl sites for hydroxylation is 2. The third kappa shape index (κ3) is 3.39. The van der Waals surface area contributed by atoms with Crippen LogP contribution in [0.25, 0.3) is 11.0 Å². The highest BCUT2D eigenvalue weighted by Crippen LogP contribution is 2.34. The summed E-state index contributed by atoms with van der Waals surface area (Å²) in [5, 5.41) is 8.92. The lowest BCUT2D eigenvalue weighted by atomic mass is 9.97. The van der Waals surface area contributed by atoms with E-state index >= 15 is 0 Å². The van der Waals surface area contributed by atoms with Gasteiger partial charge in [-0.1, -0.05) is 30.3 Å². The van der Waals surface area contributed by atoms with Crippen LogP contribution in [0.1, 0.15) is 53.0 Å². The van der Waals surface area contributed by atoms with E-state index < -0.39 is 0 Å². The number of hydrogen-bond acceptors (Lipinski definition) is 4. The van der Waals surface area contributed by atoms with Crippen molar-refractivity contribution in [3.8, 4) is 0 Å². The summed E-state index contributed by atoms with van der Waals surface area (Å²) in [6, 6.07) is 13.6. The molecule has 156 valence electrons. The molecule has 1 amide bonds. The Morgan fingerprint density at radius 3 is 2.53 bits per heavy atom. The Balaban J connectivity index is 1.45. The number of carbonyl (C=O) groups is 1. The highest BCUT2D eigenvalue weighted by atomic mass is 16.1. The van der Waals surface area contributed by atoms with E-state index in [0.717, 1.165) is 40.8 Å². The molecule has 0 unspecified atom stereocenters. The van der Waals surface area contributed by atoms with Crippen molar-refractivity contribution in [2.45, 2.75) is 64.2 Å². The SMILES string of the molecule is Cc1cc(C(=O)NC2C[C@H]3CC[C@H](C2)N3C)c2c(C)nn(Cc3ccccc3)c2n1. The van der Waals surface area contributed by atoms with Gasteiger partial charge >= 0.3 is 0 Å². The first-order valence-corrected chi connectivity index (χ1v) is 10.9. The molecule has 2 atom stereocenters. The number of rotatable bonds is 4. The first-order chi connectivity index (χ1) is 14.5. The van der Waals surface area contributed by atoms with E-state index in [9.17, 15) is 4.79 Å². The minimum Gasteiger partial charge on any atom is -0.349 e. The predicted molar refractivity (Wildman–Crippen MR) is 118 cm³/mol. The van der Waals surface area contributed by atoms with Crippen LogP contribution in [0.4, 0.5) is 0 Å². The van der Waals surface area contributed by atoms with Crippen LogP contribution >= 0.6 is 0 Å². The van der Waals surface area contributed by atoms with Crippen LogP contribution < -0.4 is 5.32 Å². The molecule has 6 nitrogen and oxygen atoms in total. The molecule has 3 aromatic rings. The zero-order valence-corrected chi connectivity index (χ0v) is 17.9. The molecule has 0 aliphatic carbocycles. The topological polar surface area (TPSA) is 63.1 Å². The van der Waals surface area contributed by atoms with Crippen molar-refractivity contribution in [2.24, 2.45) is 0 Å². The number of aromatic nitrogens is 3. The molecule has 0 spiro atoms. The van der Waals surface area contributed by atoms with Gasteiger partial charge in [-0.25, -0.2) is 9.67 Å². The van der Waals surface area contributed by atoms with E-state index in [1.54, 1.807) is 0 Å². The second-order valence-electron chi connectivity index (χ2n) is 8.93. The fraction of sp³-hybridized carbons (Fsp3) is 0.458. The number of piperidine rings is 1. The highest BCUT2D eigenvalue weighted by molar-refractivity contribution is 6.06. The maximum absolute atomic E-state index is 13.3. The number of fused-ring (bicyclic) bond motifs is 3. The van der Waals surface area contributed by atoms with Gasteiger partial charge in [0.2, 0.25) is 0 Å². The van der Waals surface area contributed by atoms with Gasteiger partial charge in [-0.05, 0) is 58.2 Å². The van der Waals surface area contributed by atoms with Crippen molar-refractivity contribution < 1.29 is 4.79 Å². The van der Waals surface area contributed by atoms with E-state index in [0.29, 0.717) is 24.2 Å². The zero-order chi connectivity index (χ0) is 20.8. The molecule has 2 aliphatic rings. The summed E-state index contributed by atoms with van der Waals surface area (Å²) >= 11 is 0. The molecular formula is C24H29N5O. The third-order valence-electron chi connectivity index (χ3n) is 6.86. The fourth-order valence-corrected chi connectivity index (χ4v) is 5.32. The molecule has 0 radical (unpaired) electrons. The molecule has 2 fully saturated rings. The van der Waals surface area contributed by atoms with Crippen LogP contribution in [0.5, 0.6) is 0 Å². The second kappa shape index (κ2) is 7.51. The number of nitrogens with zero attached hydrogens (tertiary/aromatic N) is 4. The van der Waals surface area contributed by atoms with Crippen LogP contribution in [0, 0.1) is 13.8 Å². The summed E-state index contributed by atoms with van der Waals surface area (Å²) < 4.78 is 1.92. The quantitative estimate of drug-likeness (QED) is 0.725. The molecule has 1 aromatic carbocycles. The van der Waals surface area contributed by atoms with Gasteiger partial charge in [0.1, 0.15) is 0 Å². The summed E-state index contributed by atoms with van der Waals surface area (Å²) in [7, 11) is 2.22. The molecule has 2 bridgehead atoms. The van der Waals surface area contributed by atoms with Crippen molar-refractivity contribution in [1.29, 1.82) is 0 Å². The van der Waals surface area contributed by atoms with Crippen molar-refractivity contribution in [2.75, 3.05) is 7.05 Å². The predicted octanol–water partition coefficient (Wildman–Crippen LogP) is 3.45. The average molecular weight is 404 g/mol. The molecular weight excluding hydrogens is 374 g/mol. The summed E-state index contributed by atoms with van der Waals surface area (Å²) in [5.41, 5.74) is 4.33. The molecule has 0 saturated carbocycles. The molecule has 5 rings (SSSR count). The molecule has 2 saturated heterocycles. The van der Waals surface area contributed by atoms with Crippen molar-refractivity contribution in [3.05, 3.63) is 58.9 Å². The van der Waals surface area contributed by atoms with E-state index in [1.807, 2.05) is 42.8 Å². The molecule has 30 heavy (non-hydrogen) atoms. The Morgan fingerprint density at radius 2 is 1.83 bits per heavy atom. The van der Waals surface area contributed by atoms with Gasteiger partial charge in [0.05, 0.1) is 23.2 Å². The zero-order valence-electron chi connectivity index (χ0n) is 17.9. The second-order valence-corrected chi connectivity index (χ2v) is 8.93. The van der Waals surface area contributed by atoms with Gasteiger partial charge < -0.3 is 10.2 Å². The van der Waals surface area contributed by atoms with Crippen LogP contribution in [-0.4, -0.2) is 50.7 Å². The Bertz CT molecular complexity index is 1080. The summed E-state index contributed by atoms with van der Waals surface area (Å²) in [4.78, 5) is 20.6. The maximum Gasteiger partial charge on any atom is 0.252 e. The van der Waals surface area contributed by atoms with Crippen LogP contribution in [-0.2, 0) is 6.54 Å². The monoisotopic (exact) mass is 403 g/mol. The van der Waals surface area contributed by atoms with Gasteiger partial charge in [-0.15, -0.1) is 0 Å². The number of pyridine rings is 1. The van der Waals surface area contributed by atoms with Crippen molar-refractivity contribution in [1.82, 2.24) is 25.0 Å². The Hall–Kier alpha value is -2.73. The Kier molecular flexibility index (Phi) is 4.82. The first-order valence-electron chi connectivity index (χ1n) is 10.9. The number of hydrogen-bond donors (Lipinski definition) is 1. The molecule has 6 heteroatoms. The van der Waals surface area contributed by atoms with E-state index in [1.165, 1.54) is 12.8 Å². The largest absolute Gasteiger partial charge is 0.349 e. The number of nitrogens with one attached hydrogen (secondary N) is 1. The number of benzene rings is 1. The minimum absolute atomic E-state index is 0.00168. The standard InChI is InChI=1S/C24H29N5O/c1-15-11-21(24(30)26-18-12-19-9-10-20(13-18)28(19)3)22-16(2)27-29(23(22)25-15)14-17-7-5-4-6-8-17/h4-8,11,18-20H,9-10,12-14H2,1-3H3,(H,26,30)/t19-,20-/m1/s1. The molecule has 2 aromatic heterocycles. The van der Waals surface area contributed by atoms with Gasteiger partial charge in [0.25, 0.3) is 5.91 Å². The highest BCUT2D eigenvalue weighted by Gasteiger charge is 2.39. The van der Waals surface area contributed by atoms with Crippen molar-refractivity contribution in [3.63, 3.8) is 0 Å². The number of carbonyl (C=O) groups excluding carboxylic acids is 1. The average Bonchev–Trinajstić information content (AvgIpc) is 3.12. The summed E-state index contributed by atoms with van der Waals surface area (Å²) in [6.45, 7) is 4.55. The van der Waals surface area contributed by atoms with E-state index in [2.05, 4.69) is 29.4 Å². The summed E-state index contributed by atoms with van der Waals surface area (Å²) in [5.74, 6) is 0.00168. The summed E-state index contributed by atoms with van der Waals surface area (Å²) in [6.07, 6.45) is 4.57. The maximum atomic E-state index is 13.3. The van der Waals surface area contributed by atoms with E-state index in [-0.39, 0.29) is 11.9 Å². The van der Waals surface area contributed by atoms with Gasteiger partial charge in [-0.2, -0.15) is 5.10 Å². The molecule has 1 N–H and O–H groups in total. The van der Waals surface area contributed by atoms with Crippen molar-refractivity contribution >= 4 is 16.9 Å². The third-order valence-corrected chi connectivity index (χ3v) is 6.86. The van der Waals surface area contributed by atoms with Crippen LogP contribution in [0.15, 0.2) is 36.4 Å². The Labute approximate surface area is 177 Å². The normalized spacial score (nSPS) is 23.8. The van der Waals surface area contributed by atoms with Gasteiger partial charge in [0, 0.05) is 23.8 Å². The molecule has 2 aliphatic heterocycles. The molecule has 4 heterocycles. The number of amides is 1. The minimum atomic E-state index is 0.00168. The lowest BCUT2D eigenvalue weighted by molar-refractivity contribution is 0.0884. The van der Waals surface area contributed by atoms with Gasteiger partial charge in [0.15, 0.2) is 5.65 Å². The Morgan fingerprint density at radius 1 is 1.13 bits per heavy atom. The fourth-order valence-electron chi connectivity index (χ4n) is 5.32. The smallest absolute Gasteiger partial charge is 0.252 e. The lowest BCUT2D eigenvalue weighted by Gasteiger charge is -2.36. The van der Waals surface area contributed by atoms with Crippen LogP contribution in [0.2, 0.25) is 0 Å². The van der Waals surface area contributed by atoms with Gasteiger partial charge in [-0.3, -0.25) is 4.79 Å². The van der Waals surface area contributed by atoms with E-state index in [4.69, 9.17) is 10.1 Å².